The van der Waals surface area contributed by atoms with Crippen LogP contribution in [0.4, 0.5) is 0 Å². The summed E-state index contributed by atoms with van der Waals surface area (Å²) in [5.41, 5.74) is 0.0411. The number of carbonyl (C=O) groups excluding carboxylic acids is 1. The molecule has 1 aliphatic carbocycles. The minimum atomic E-state index is -0.777. The van der Waals surface area contributed by atoms with Gasteiger partial charge in [0.2, 0.25) is 0 Å². The maximum absolute atomic E-state index is 12.1. The Hall–Kier alpha value is -0.340. The number of hydrogen-bond donors (Lipinski definition) is 1. The summed E-state index contributed by atoms with van der Waals surface area (Å²) in [5, 5.41) is 10.8. The summed E-state index contributed by atoms with van der Waals surface area (Å²) >= 11 is 1.32. The largest absolute Gasteiger partial charge is 0.466 e. The highest BCUT2D eigenvalue weighted by Gasteiger charge is 2.66. The SMILES string of the molecule is CCOC(=O)C1C2O[C@H](COCC(C)(C)C)[C@@H](OSC(C)(C)C)[C@H](O)C21. The number of ether oxygens (including phenoxy) is 3. The van der Waals surface area contributed by atoms with Crippen molar-refractivity contribution in [2.45, 2.75) is 77.6 Å². The van der Waals surface area contributed by atoms with E-state index in [1.54, 1.807) is 6.92 Å². The van der Waals surface area contributed by atoms with Crippen molar-refractivity contribution >= 4 is 18.0 Å². The van der Waals surface area contributed by atoms with E-state index in [4.69, 9.17) is 18.4 Å². The third-order valence-electron chi connectivity index (χ3n) is 4.22. The minimum Gasteiger partial charge on any atom is -0.466 e. The van der Waals surface area contributed by atoms with Gasteiger partial charge in [-0.2, -0.15) is 0 Å². The Labute approximate surface area is 161 Å². The number of carbonyl (C=O) groups is 1. The zero-order valence-electron chi connectivity index (χ0n) is 17.0. The second-order valence-electron chi connectivity index (χ2n) is 9.32. The molecule has 26 heavy (non-hydrogen) atoms. The first kappa shape index (κ1) is 22.0. The Morgan fingerprint density at radius 2 is 1.85 bits per heavy atom. The lowest BCUT2D eigenvalue weighted by atomic mass is 9.98. The highest BCUT2D eigenvalue weighted by atomic mass is 32.2. The molecule has 2 fully saturated rings. The van der Waals surface area contributed by atoms with Gasteiger partial charge in [-0.15, -0.1) is 0 Å². The van der Waals surface area contributed by atoms with E-state index < -0.39 is 24.2 Å². The number of esters is 1. The number of hydrogen-bond acceptors (Lipinski definition) is 7. The first-order chi connectivity index (χ1) is 11.9. The van der Waals surface area contributed by atoms with Crippen molar-refractivity contribution in [3.8, 4) is 0 Å². The molecule has 2 aliphatic rings. The first-order valence-electron chi connectivity index (χ1n) is 9.37. The first-order valence-corrected chi connectivity index (χ1v) is 10.1. The van der Waals surface area contributed by atoms with Crippen LogP contribution in [0, 0.1) is 17.3 Å². The molecule has 1 heterocycles. The van der Waals surface area contributed by atoms with Crippen LogP contribution in [0.3, 0.4) is 0 Å². The smallest absolute Gasteiger partial charge is 0.312 e. The fourth-order valence-corrected chi connectivity index (χ4v) is 3.71. The average Bonchev–Trinajstić information content (AvgIpc) is 3.19. The van der Waals surface area contributed by atoms with E-state index >= 15 is 0 Å². The van der Waals surface area contributed by atoms with Gasteiger partial charge in [0, 0.05) is 10.7 Å². The zero-order chi connectivity index (χ0) is 19.7. The van der Waals surface area contributed by atoms with Crippen LogP contribution >= 0.6 is 12.0 Å². The predicted molar refractivity (Wildman–Crippen MR) is 101 cm³/mol. The Morgan fingerprint density at radius 3 is 2.38 bits per heavy atom. The number of aliphatic hydroxyl groups excluding tert-OH is 1. The Bertz CT molecular complexity index is 483. The van der Waals surface area contributed by atoms with Crippen molar-refractivity contribution in [3.63, 3.8) is 0 Å². The predicted octanol–water partition coefficient (Wildman–Crippen LogP) is 2.82. The van der Waals surface area contributed by atoms with Crippen LogP contribution in [-0.2, 0) is 23.2 Å². The van der Waals surface area contributed by atoms with Crippen molar-refractivity contribution in [1.82, 2.24) is 0 Å². The fraction of sp³-hybridized carbons (Fsp3) is 0.947. The summed E-state index contributed by atoms with van der Waals surface area (Å²) in [6, 6.07) is 0. The topological polar surface area (TPSA) is 74.2 Å². The maximum Gasteiger partial charge on any atom is 0.312 e. The lowest BCUT2D eigenvalue weighted by Gasteiger charge is -2.35. The van der Waals surface area contributed by atoms with E-state index in [1.165, 1.54) is 12.0 Å². The quantitative estimate of drug-likeness (QED) is 0.529. The van der Waals surface area contributed by atoms with Gasteiger partial charge in [-0.05, 0) is 45.2 Å². The van der Waals surface area contributed by atoms with Crippen LogP contribution in [0.25, 0.3) is 0 Å². The molecular weight excluding hydrogens is 356 g/mol. The van der Waals surface area contributed by atoms with Gasteiger partial charge in [0.1, 0.15) is 12.2 Å². The van der Waals surface area contributed by atoms with Crippen molar-refractivity contribution in [3.05, 3.63) is 0 Å². The van der Waals surface area contributed by atoms with Crippen LogP contribution in [0.15, 0.2) is 0 Å². The Balaban J connectivity index is 2.03. The van der Waals surface area contributed by atoms with Gasteiger partial charge in [-0.1, -0.05) is 20.8 Å². The molecule has 1 N–H and O–H groups in total. The summed E-state index contributed by atoms with van der Waals surface area (Å²) < 4.78 is 22.8. The van der Waals surface area contributed by atoms with E-state index in [1.807, 2.05) is 20.8 Å². The molecule has 1 aliphatic heterocycles. The van der Waals surface area contributed by atoms with Gasteiger partial charge < -0.3 is 23.5 Å². The molecule has 0 amide bonds. The van der Waals surface area contributed by atoms with E-state index in [0.717, 1.165) is 0 Å². The average molecular weight is 391 g/mol. The molecule has 7 heteroatoms. The van der Waals surface area contributed by atoms with Crippen molar-refractivity contribution in [2.75, 3.05) is 19.8 Å². The Kier molecular flexibility index (Phi) is 7.05. The van der Waals surface area contributed by atoms with E-state index in [9.17, 15) is 9.90 Å². The maximum atomic E-state index is 12.1. The molecule has 0 bridgehead atoms. The second kappa shape index (κ2) is 8.35. The van der Waals surface area contributed by atoms with E-state index in [0.29, 0.717) is 19.8 Å². The Morgan fingerprint density at radius 1 is 1.19 bits per heavy atom. The third-order valence-corrected chi connectivity index (χ3v) is 5.04. The van der Waals surface area contributed by atoms with Crippen molar-refractivity contribution < 1.29 is 28.3 Å². The molecular formula is C19H34O6S. The summed E-state index contributed by atoms with van der Waals surface area (Å²) in [6.45, 7) is 15.4. The van der Waals surface area contributed by atoms with E-state index in [2.05, 4.69) is 20.8 Å². The van der Waals surface area contributed by atoms with Crippen LogP contribution in [0.1, 0.15) is 48.5 Å². The summed E-state index contributed by atoms with van der Waals surface area (Å²) in [4.78, 5) is 12.1. The number of rotatable bonds is 7. The van der Waals surface area contributed by atoms with Crippen LogP contribution in [0.2, 0.25) is 0 Å². The van der Waals surface area contributed by atoms with Gasteiger partial charge in [-0.3, -0.25) is 4.79 Å². The second-order valence-corrected chi connectivity index (χ2v) is 10.9. The monoisotopic (exact) mass is 390 g/mol. The molecule has 0 spiro atoms. The molecule has 0 radical (unpaired) electrons. The summed E-state index contributed by atoms with van der Waals surface area (Å²) in [5.74, 6) is -0.984. The van der Waals surface area contributed by atoms with Gasteiger partial charge >= 0.3 is 5.97 Å². The molecule has 3 unspecified atom stereocenters. The normalized spacial score (nSPS) is 34.3. The zero-order valence-corrected chi connectivity index (χ0v) is 17.8. The molecule has 1 saturated carbocycles. The summed E-state index contributed by atoms with van der Waals surface area (Å²) in [6.07, 6.45) is -2.05. The van der Waals surface area contributed by atoms with Crippen molar-refractivity contribution in [1.29, 1.82) is 0 Å². The van der Waals surface area contributed by atoms with Crippen LogP contribution in [-0.4, -0.2) is 60.1 Å². The minimum absolute atomic E-state index is 0.0411. The van der Waals surface area contributed by atoms with Crippen LogP contribution in [0.5, 0.6) is 0 Å². The number of aliphatic hydroxyl groups is 1. The van der Waals surface area contributed by atoms with Gasteiger partial charge in [0.25, 0.3) is 0 Å². The van der Waals surface area contributed by atoms with Gasteiger partial charge in [0.05, 0.1) is 37.9 Å². The standard InChI is InChI=1S/C19H34O6S/c1-8-23-17(21)13-12-14(20)15(25-26-19(5,6)7)11(24-16(12)13)9-22-10-18(2,3)4/h11-16,20H,8-10H2,1-7H3/t11-,12?,13?,14-,15-,16?/m1/s1. The highest BCUT2D eigenvalue weighted by molar-refractivity contribution is 7.96. The molecule has 152 valence electrons. The molecule has 0 aromatic carbocycles. The number of fused-ring (bicyclic) bond motifs is 1. The molecule has 6 nitrogen and oxygen atoms in total. The fourth-order valence-electron chi connectivity index (χ4n) is 3.07. The lowest BCUT2D eigenvalue weighted by Crippen LogP contribution is -2.49. The molecule has 0 aromatic heterocycles. The van der Waals surface area contributed by atoms with E-state index in [-0.39, 0.29) is 28.2 Å². The molecule has 6 atom stereocenters. The van der Waals surface area contributed by atoms with Gasteiger partial charge in [0.15, 0.2) is 0 Å². The summed E-state index contributed by atoms with van der Waals surface area (Å²) in [7, 11) is 0. The van der Waals surface area contributed by atoms with Gasteiger partial charge in [-0.25, -0.2) is 0 Å². The molecule has 2 rings (SSSR count). The molecule has 0 aromatic rings. The molecule has 1 saturated heterocycles. The van der Waals surface area contributed by atoms with Crippen molar-refractivity contribution in [2.24, 2.45) is 17.3 Å². The van der Waals surface area contributed by atoms with Crippen LogP contribution < -0.4 is 0 Å². The lowest BCUT2D eigenvalue weighted by molar-refractivity contribution is -0.151. The third kappa shape index (κ3) is 5.83. The highest BCUT2D eigenvalue weighted by Crippen LogP contribution is 2.51.